The monoisotopic (exact) mass is 495 g/mol. The maximum absolute atomic E-state index is 14.1. The van der Waals surface area contributed by atoms with Crippen molar-refractivity contribution in [1.82, 2.24) is 9.78 Å². The summed E-state index contributed by atoms with van der Waals surface area (Å²) >= 11 is 0. The summed E-state index contributed by atoms with van der Waals surface area (Å²) in [6.45, 7) is 3.27. The molecule has 2 heterocycles. The highest BCUT2D eigenvalue weighted by atomic mass is 19.1. The minimum Gasteiger partial charge on any atom is -0.459 e. The lowest BCUT2D eigenvalue weighted by molar-refractivity contribution is -0.132. The van der Waals surface area contributed by atoms with Crippen molar-refractivity contribution in [3.05, 3.63) is 108 Å². The number of esters is 1. The van der Waals surface area contributed by atoms with Crippen LogP contribution in [-0.4, -0.2) is 21.7 Å². The number of rotatable bonds is 6. The molecule has 0 spiro atoms. The minimum absolute atomic E-state index is 0.155. The molecule has 5 rings (SSSR count). The molecule has 8 heteroatoms. The molecule has 184 valence electrons. The Morgan fingerprint density at radius 3 is 2.41 bits per heavy atom. The van der Waals surface area contributed by atoms with Gasteiger partial charge in [-0.05, 0) is 61.0 Å². The molecule has 0 unspecified atom stereocenters. The molecule has 7 nitrogen and oxygen atoms in total. The molecule has 0 aliphatic carbocycles. The molecule has 0 atom stereocenters. The first-order valence-corrected chi connectivity index (χ1v) is 11.5. The Morgan fingerprint density at radius 1 is 0.946 bits per heavy atom. The third kappa shape index (κ3) is 5.04. The minimum atomic E-state index is -0.545. The van der Waals surface area contributed by atoms with E-state index in [2.05, 4.69) is 5.32 Å². The molecule has 1 amide bonds. The normalized spacial score (nSPS) is 10.8. The average Bonchev–Trinajstić information content (AvgIpc) is 3.53. The Morgan fingerprint density at radius 2 is 1.73 bits per heavy atom. The van der Waals surface area contributed by atoms with Gasteiger partial charge in [-0.25, -0.2) is 4.39 Å². The number of carbonyl (C=O) groups is 2. The molecule has 1 N–H and O–H groups in total. The van der Waals surface area contributed by atoms with Crippen LogP contribution in [0.1, 0.15) is 23.0 Å². The van der Waals surface area contributed by atoms with Crippen LogP contribution in [0.5, 0.6) is 5.88 Å². The Balaban J connectivity index is 1.65. The lowest BCUT2D eigenvalue weighted by atomic mass is 10.00. The number of hydrogen-bond acceptors (Lipinski definition) is 5. The van der Waals surface area contributed by atoms with Crippen LogP contribution in [0.15, 0.2) is 95.6 Å². The molecular weight excluding hydrogens is 473 g/mol. The topological polar surface area (TPSA) is 86.4 Å². The second-order valence-electron chi connectivity index (χ2n) is 8.39. The molecule has 0 saturated heterocycles. The standard InChI is InChI=1S/C29H22FN3O4/c1-18-6-3-7-21(16-18)27-26(20-11-13-23(14-12-20)31-28(35)25-10-5-15-36-25)29(37-19(2)34)33(32-27)24-9-4-8-22(30)17-24/h3-17H,1-2H3,(H,31,35). The highest BCUT2D eigenvalue weighted by molar-refractivity contribution is 6.02. The van der Waals surface area contributed by atoms with Crippen LogP contribution in [-0.2, 0) is 4.79 Å². The van der Waals surface area contributed by atoms with E-state index in [0.717, 1.165) is 11.1 Å². The number of nitrogens with one attached hydrogen (secondary N) is 1. The van der Waals surface area contributed by atoms with Gasteiger partial charge >= 0.3 is 5.97 Å². The summed E-state index contributed by atoms with van der Waals surface area (Å²) in [5, 5.41) is 7.54. The van der Waals surface area contributed by atoms with E-state index in [1.54, 1.807) is 48.5 Å². The predicted molar refractivity (Wildman–Crippen MR) is 137 cm³/mol. The first-order valence-electron chi connectivity index (χ1n) is 11.5. The summed E-state index contributed by atoms with van der Waals surface area (Å²) < 4.78 is 26.3. The zero-order chi connectivity index (χ0) is 25.9. The summed E-state index contributed by atoms with van der Waals surface area (Å²) in [6, 6.07) is 23.9. The maximum atomic E-state index is 14.1. The van der Waals surface area contributed by atoms with Crippen molar-refractivity contribution in [2.24, 2.45) is 0 Å². The van der Waals surface area contributed by atoms with E-state index < -0.39 is 11.8 Å². The van der Waals surface area contributed by atoms with E-state index in [1.807, 2.05) is 31.2 Å². The van der Waals surface area contributed by atoms with Crippen LogP contribution < -0.4 is 10.1 Å². The second kappa shape index (κ2) is 9.94. The number of furan rings is 1. The van der Waals surface area contributed by atoms with Gasteiger partial charge in [-0.15, -0.1) is 0 Å². The van der Waals surface area contributed by atoms with Crippen molar-refractivity contribution in [2.45, 2.75) is 13.8 Å². The highest BCUT2D eigenvalue weighted by Gasteiger charge is 2.25. The smallest absolute Gasteiger partial charge is 0.309 e. The number of amides is 1. The van der Waals surface area contributed by atoms with Crippen LogP contribution in [0.4, 0.5) is 10.1 Å². The maximum Gasteiger partial charge on any atom is 0.309 e. The fraction of sp³-hybridized carbons (Fsp3) is 0.0690. The van der Waals surface area contributed by atoms with Crippen LogP contribution >= 0.6 is 0 Å². The number of aromatic nitrogens is 2. The number of aryl methyl sites for hydroxylation is 1. The van der Waals surface area contributed by atoms with Gasteiger partial charge in [0.25, 0.3) is 5.91 Å². The van der Waals surface area contributed by atoms with Gasteiger partial charge in [-0.3, -0.25) is 9.59 Å². The number of hydrogen-bond donors (Lipinski definition) is 1. The lowest BCUT2D eigenvalue weighted by Gasteiger charge is -2.10. The van der Waals surface area contributed by atoms with Crippen LogP contribution in [0.25, 0.3) is 28.1 Å². The zero-order valence-corrected chi connectivity index (χ0v) is 20.1. The molecule has 0 aliphatic heterocycles. The Kier molecular flexibility index (Phi) is 6.38. The molecule has 37 heavy (non-hydrogen) atoms. The van der Waals surface area contributed by atoms with Gasteiger partial charge in [0.1, 0.15) is 11.5 Å². The SMILES string of the molecule is CC(=O)Oc1c(-c2ccc(NC(=O)c3ccco3)cc2)c(-c2cccc(C)c2)nn1-c1cccc(F)c1. The third-order valence-electron chi connectivity index (χ3n) is 5.60. The van der Waals surface area contributed by atoms with E-state index in [9.17, 15) is 14.0 Å². The van der Waals surface area contributed by atoms with Crippen molar-refractivity contribution in [1.29, 1.82) is 0 Å². The van der Waals surface area contributed by atoms with Crippen LogP contribution in [0.3, 0.4) is 0 Å². The summed E-state index contributed by atoms with van der Waals surface area (Å²) in [7, 11) is 0. The van der Waals surface area contributed by atoms with Crippen LogP contribution in [0, 0.1) is 12.7 Å². The second-order valence-corrected chi connectivity index (χ2v) is 8.39. The van der Waals surface area contributed by atoms with Gasteiger partial charge in [0.15, 0.2) is 5.76 Å². The van der Waals surface area contributed by atoms with Crippen LogP contribution in [0.2, 0.25) is 0 Å². The van der Waals surface area contributed by atoms with Crippen molar-refractivity contribution < 1.29 is 23.1 Å². The van der Waals surface area contributed by atoms with Gasteiger partial charge in [0.2, 0.25) is 5.88 Å². The van der Waals surface area contributed by atoms with E-state index in [4.69, 9.17) is 14.3 Å². The summed E-state index contributed by atoms with van der Waals surface area (Å²) in [4.78, 5) is 24.5. The molecule has 0 bridgehead atoms. The highest BCUT2D eigenvalue weighted by Crippen LogP contribution is 2.41. The van der Waals surface area contributed by atoms with E-state index >= 15 is 0 Å². The van der Waals surface area contributed by atoms with Gasteiger partial charge in [0, 0.05) is 18.2 Å². The molecule has 0 saturated carbocycles. The van der Waals surface area contributed by atoms with Crippen molar-refractivity contribution in [3.63, 3.8) is 0 Å². The van der Waals surface area contributed by atoms with E-state index in [-0.39, 0.29) is 17.5 Å². The van der Waals surface area contributed by atoms with Gasteiger partial charge in [0.05, 0.1) is 17.5 Å². The van der Waals surface area contributed by atoms with Gasteiger partial charge in [-0.2, -0.15) is 9.78 Å². The number of halogens is 1. The molecule has 2 aromatic heterocycles. The van der Waals surface area contributed by atoms with E-state index in [0.29, 0.717) is 28.2 Å². The van der Waals surface area contributed by atoms with Gasteiger partial charge < -0.3 is 14.5 Å². The van der Waals surface area contributed by atoms with Crippen molar-refractivity contribution in [2.75, 3.05) is 5.32 Å². The predicted octanol–water partition coefficient (Wildman–Crippen LogP) is 6.42. The Labute approximate surface area is 212 Å². The molecular formula is C29H22FN3O4. The summed E-state index contributed by atoms with van der Waals surface area (Å²) in [5.74, 6) is -1.02. The first-order chi connectivity index (χ1) is 17.9. The quantitative estimate of drug-likeness (QED) is 0.275. The fourth-order valence-corrected chi connectivity index (χ4v) is 3.99. The van der Waals surface area contributed by atoms with Crippen molar-refractivity contribution in [3.8, 4) is 34.0 Å². The number of nitrogens with zero attached hydrogens (tertiary/aromatic N) is 2. The number of ether oxygens (including phenoxy) is 1. The summed E-state index contributed by atoms with van der Waals surface area (Å²) in [5.41, 5.74) is 4.56. The molecule has 0 aliphatic rings. The number of anilines is 1. The third-order valence-corrected chi connectivity index (χ3v) is 5.60. The average molecular weight is 496 g/mol. The number of carbonyl (C=O) groups excluding carboxylic acids is 2. The lowest BCUT2D eigenvalue weighted by Crippen LogP contribution is -2.10. The van der Waals surface area contributed by atoms with Gasteiger partial charge in [-0.1, -0.05) is 42.0 Å². The number of benzene rings is 3. The molecule has 0 radical (unpaired) electrons. The first kappa shape index (κ1) is 23.7. The Hall–Kier alpha value is -4.98. The largest absolute Gasteiger partial charge is 0.459 e. The summed E-state index contributed by atoms with van der Waals surface area (Å²) in [6.07, 6.45) is 1.43. The molecule has 0 fully saturated rings. The molecule has 3 aromatic carbocycles. The zero-order valence-electron chi connectivity index (χ0n) is 20.1. The van der Waals surface area contributed by atoms with E-state index in [1.165, 1.54) is 30.0 Å². The van der Waals surface area contributed by atoms with Crippen molar-refractivity contribution >= 4 is 17.6 Å². The Bertz CT molecular complexity index is 1590. The molecule has 5 aromatic rings. The fourth-order valence-electron chi connectivity index (χ4n) is 3.99.